The number of anilines is 1. The Bertz CT molecular complexity index is 1230. The number of ether oxygens (including phenoxy) is 1. The predicted octanol–water partition coefficient (Wildman–Crippen LogP) is 4.03. The van der Waals surface area contributed by atoms with Crippen molar-refractivity contribution in [1.82, 2.24) is 9.88 Å². The first-order chi connectivity index (χ1) is 15.8. The van der Waals surface area contributed by atoms with Gasteiger partial charge in [0.2, 0.25) is 15.9 Å². The lowest BCUT2D eigenvalue weighted by Crippen LogP contribution is -2.25. The van der Waals surface area contributed by atoms with Crippen molar-refractivity contribution in [2.24, 2.45) is 0 Å². The Morgan fingerprint density at radius 3 is 2.61 bits per heavy atom. The molecule has 2 aromatic carbocycles. The largest absolute Gasteiger partial charge is 0.495 e. The van der Waals surface area contributed by atoms with Gasteiger partial charge in [0, 0.05) is 13.5 Å². The van der Waals surface area contributed by atoms with Crippen LogP contribution < -0.4 is 14.8 Å². The third-order valence-corrected chi connectivity index (χ3v) is 6.35. The van der Waals surface area contributed by atoms with Crippen LogP contribution in [0, 0.1) is 6.92 Å². The minimum absolute atomic E-state index is 0.0442. The fourth-order valence-electron chi connectivity index (χ4n) is 3.23. The van der Waals surface area contributed by atoms with E-state index < -0.39 is 10.0 Å². The molecule has 8 nitrogen and oxygen atoms in total. The number of hydrogen-bond donors (Lipinski definition) is 2. The van der Waals surface area contributed by atoms with Crippen molar-refractivity contribution in [2.45, 2.75) is 31.6 Å². The van der Waals surface area contributed by atoms with Gasteiger partial charge in [-0.1, -0.05) is 47.6 Å². The van der Waals surface area contributed by atoms with Crippen molar-refractivity contribution < 1.29 is 22.5 Å². The molecule has 3 aromatic rings. The van der Waals surface area contributed by atoms with E-state index in [1.807, 2.05) is 30.3 Å². The van der Waals surface area contributed by atoms with Crippen LogP contribution in [0.3, 0.4) is 0 Å². The second-order valence-corrected chi connectivity index (χ2v) is 9.15. The highest BCUT2D eigenvalue weighted by molar-refractivity contribution is 7.89. The Morgan fingerprint density at radius 1 is 1.15 bits per heavy atom. The van der Waals surface area contributed by atoms with Crippen LogP contribution in [0.4, 0.5) is 5.69 Å². The Labute approximate surface area is 193 Å². The molecule has 2 N–H and O–H groups in total. The van der Waals surface area contributed by atoms with Crippen molar-refractivity contribution in [3.63, 3.8) is 0 Å². The number of aryl methyl sites for hydroxylation is 2. The normalized spacial score (nSPS) is 11.6. The van der Waals surface area contributed by atoms with Crippen LogP contribution in [0.1, 0.15) is 35.9 Å². The highest BCUT2D eigenvalue weighted by atomic mass is 32.2. The van der Waals surface area contributed by atoms with Crippen LogP contribution in [0.2, 0.25) is 0 Å². The Morgan fingerprint density at radius 2 is 1.91 bits per heavy atom. The molecule has 0 bridgehead atoms. The maximum atomic E-state index is 12.9. The van der Waals surface area contributed by atoms with Crippen molar-refractivity contribution in [2.75, 3.05) is 19.0 Å². The third kappa shape index (κ3) is 6.53. The molecule has 1 amide bonds. The molecule has 0 atom stereocenters. The summed E-state index contributed by atoms with van der Waals surface area (Å²) in [5.74, 6) is 0.367. The molecule has 0 unspecified atom stereocenters. The Balaban J connectivity index is 1.75. The summed E-state index contributed by atoms with van der Waals surface area (Å²) in [6, 6.07) is 14.7. The van der Waals surface area contributed by atoms with E-state index in [0.717, 1.165) is 12.0 Å². The molecular formula is C24H27N3O5S. The minimum Gasteiger partial charge on any atom is -0.495 e. The van der Waals surface area contributed by atoms with Gasteiger partial charge in [0.1, 0.15) is 22.0 Å². The zero-order valence-corrected chi connectivity index (χ0v) is 19.6. The average Bonchev–Trinajstić information content (AvgIpc) is 3.14. The Kier molecular flexibility index (Phi) is 8.02. The third-order valence-electron chi connectivity index (χ3n) is 4.87. The summed E-state index contributed by atoms with van der Waals surface area (Å²) in [6.07, 6.45) is 4.74. The van der Waals surface area contributed by atoms with E-state index in [2.05, 4.69) is 15.2 Å². The summed E-state index contributed by atoms with van der Waals surface area (Å²) >= 11 is 0. The first-order valence-corrected chi connectivity index (χ1v) is 11.9. The first-order valence-electron chi connectivity index (χ1n) is 10.4. The van der Waals surface area contributed by atoms with Crippen molar-refractivity contribution in [1.29, 1.82) is 0 Å². The Hall–Kier alpha value is -3.43. The van der Waals surface area contributed by atoms with Gasteiger partial charge in [-0.05, 0) is 49.1 Å². The molecule has 1 heterocycles. The lowest BCUT2D eigenvalue weighted by atomic mass is 10.1. The number of amides is 1. The number of nitrogens with zero attached hydrogens (tertiary/aromatic N) is 1. The van der Waals surface area contributed by atoms with Crippen molar-refractivity contribution in [3.05, 3.63) is 71.1 Å². The molecule has 33 heavy (non-hydrogen) atoms. The molecule has 0 fully saturated rings. The van der Waals surface area contributed by atoms with Gasteiger partial charge in [-0.3, -0.25) is 4.79 Å². The van der Waals surface area contributed by atoms with Gasteiger partial charge < -0.3 is 14.6 Å². The fourth-order valence-corrected chi connectivity index (χ4v) is 4.51. The van der Waals surface area contributed by atoms with Gasteiger partial charge in [-0.2, -0.15) is 0 Å². The molecular weight excluding hydrogens is 442 g/mol. The maximum absolute atomic E-state index is 12.9. The van der Waals surface area contributed by atoms with Crippen LogP contribution in [0.15, 0.2) is 57.9 Å². The average molecular weight is 470 g/mol. The quantitative estimate of drug-likeness (QED) is 0.434. The number of carbonyl (C=O) groups is 1. The van der Waals surface area contributed by atoms with Gasteiger partial charge in [-0.15, -0.1) is 0 Å². The predicted molar refractivity (Wildman–Crippen MR) is 127 cm³/mol. The van der Waals surface area contributed by atoms with Crippen LogP contribution in [0.25, 0.3) is 12.2 Å². The molecule has 0 radical (unpaired) electrons. The molecule has 9 heteroatoms. The monoisotopic (exact) mass is 469 g/mol. The molecule has 0 aliphatic rings. The number of carbonyl (C=O) groups excluding carboxylic acids is 1. The highest BCUT2D eigenvalue weighted by Crippen LogP contribution is 2.27. The van der Waals surface area contributed by atoms with Crippen molar-refractivity contribution in [3.8, 4) is 5.75 Å². The molecule has 0 saturated heterocycles. The van der Waals surface area contributed by atoms with Crippen molar-refractivity contribution >= 4 is 33.8 Å². The minimum atomic E-state index is -3.78. The topological polar surface area (TPSA) is 111 Å². The van der Waals surface area contributed by atoms with Crippen LogP contribution >= 0.6 is 0 Å². The standard InChI is InChI=1S/C24H27N3O5S/c1-17-24(26-18(2)28)22(32-27-17)14-12-20-11-13-21(31-3)23(16-20)33(29,30)25-15-7-10-19-8-5-4-6-9-19/h4-6,8-9,11-14,16,25H,7,10,15H2,1-3H3,(H,26,28)/b14-12-. The number of rotatable bonds is 10. The number of aromatic nitrogens is 1. The molecule has 0 spiro atoms. The lowest BCUT2D eigenvalue weighted by Gasteiger charge is -2.12. The van der Waals surface area contributed by atoms with E-state index in [0.29, 0.717) is 35.7 Å². The van der Waals surface area contributed by atoms with E-state index in [4.69, 9.17) is 9.26 Å². The lowest BCUT2D eigenvalue weighted by molar-refractivity contribution is -0.114. The second-order valence-electron chi connectivity index (χ2n) is 7.42. The molecule has 174 valence electrons. The van der Waals surface area contributed by atoms with E-state index >= 15 is 0 Å². The SMILES string of the molecule is COc1ccc(/C=C\c2onc(C)c2NC(C)=O)cc1S(=O)(=O)NCCCc1ccccc1. The van der Waals surface area contributed by atoms with E-state index in [1.165, 1.54) is 20.1 Å². The molecule has 0 aliphatic carbocycles. The van der Waals surface area contributed by atoms with E-state index in [9.17, 15) is 13.2 Å². The number of hydrogen-bond acceptors (Lipinski definition) is 6. The molecule has 1 aromatic heterocycles. The van der Waals surface area contributed by atoms with Gasteiger partial charge in [0.05, 0.1) is 7.11 Å². The first kappa shape index (κ1) is 24.2. The number of nitrogens with one attached hydrogen (secondary N) is 2. The van der Waals surface area contributed by atoms with Crippen LogP contribution in [-0.4, -0.2) is 33.1 Å². The summed E-state index contributed by atoms with van der Waals surface area (Å²) < 4.78 is 39.0. The number of sulfonamides is 1. The van der Waals surface area contributed by atoms with Crippen LogP contribution in [0.5, 0.6) is 5.75 Å². The molecule has 3 rings (SSSR count). The summed E-state index contributed by atoms with van der Waals surface area (Å²) in [5, 5.41) is 6.54. The number of benzene rings is 2. The second kappa shape index (κ2) is 10.9. The van der Waals surface area contributed by atoms with E-state index in [-0.39, 0.29) is 16.6 Å². The summed E-state index contributed by atoms with van der Waals surface area (Å²) in [6.45, 7) is 3.42. The summed E-state index contributed by atoms with van der Waals surface area (Å²) in [4.78, 5) is 11.5. The van der Waals surface area contributed by atoms with Gasteiger partial charge >= 0.3 is 0 Å². The van der Waals surface area contributed by atoms with Crippen LogP contribution in [-0.2, 0) is 21.2 Å². The maximum Gasteiger partial charge on any atom is 0.244 e. The molecule has 0 saturated carbocycles. The summed E-state index contributed by atoms with van der Waals surface area (Å²) in [7, 11) is -2.36. The summed E-state index contributed by atoms with van der Waals surface area (Å²) in [5.41, 5.74) is 2.79. The zero-order chi connectivity index (χ0) is 23.8. The van der Waals surface area contributed by atoms with Gasteiger partial charge in [-0.25, -0.2) is 13.1 Å². The van der Waals surface area contributed by atoms with Gasteiger partial charge in [0.25, 0.3) is 0 Å². The van der Waals surface area contributed by atoms with Gasteiger partial charge in [0.15, 0.2) is 5.76 Å². The number of methoxy groups -OCH3 is 1. The smallest absolute Gasteiger partial charge is 0.244 e. The molecule has 0 aliphatic heterocycles. The highest BCUT2D eigenvalue weighted by Gasteiger charge is 2.19. The van der Waals surface area contributed by atoms with E-state index in [1.54, 1.807) is 31.2 Å². The zero-order valence-electron chi connectivity index (χ0n) is 18.8. The fraction of sp³-hybridized carbons (Fsp3) is 0.250.